The number of hydrogen-bond donors (Lipinski definition) is 1. The van der Waals surface area contributed by atoms with E-state index in [9.17, 15) is 9.59 Å². The molecule has 0 fully saturated rings. The quantitative estimate of drug-likeness (QED) is 0.497. The fourth-order valence-electron chi connectivity index (χ4n) is 2.92. The van der Waals surface area contributed by atoms with Gasteiger partial charge in [0.15, 0.2) is 5.78 Å². The standard InChI is InChI=1S/C23H24N2O4S/c1-15-11-20(16(2)30-15)21(26)8-9-22(27)24-13-17-7-10-23(25-14-17)29-19-6-4-5-18(12-19)28-3/h4-7,10-12,14H,8-9,13H2,1-3H3,(H,24,27). The third-order valence-electron chi connectivity index (χ3n) is 4.47. The lowest BCUT2D eigenvalue weighted by molar-refractivity contribution is -0.121. The molecule has 0 saturated heterocycles. The minimum Gasteiger partial charge on any atom is -0.497 e. The van der Waals surface area contributed by atoms with E-state index in [1.54, 1.807) is 36.8 Å². The summed E-state index contributed by atoms with van der Waals surface area (Å²) in [6.45, 7) is 4.25. The summed E-state index contributed by atoms with van der Waals surface area (Å²) in [6.07, 6.45) is 2.02. The van der Waals surface area contributed by atoms with E-state index in [4.69, 9.17) is 9.47 Å². The first-order valence-corrected chi connectivity index (χ1v) is 10.4. The molecule has 0 aliphatic rings. The molecule has 0 saturated carbocycles. The number of nitrogens with one attached hydrogen (secondary N) is 1. The van der Waals surface area contributed by atoms with Gasteiger partial charge >= 0.3 is 0 Å². The molecule has 156 valence electrons. The van der Waals surface area contributed by atoms with Crippen LogP contribution in [-0.4, -0.2) is 23.8 Å². The molecule has 1 N–H and O–H groups in total. The van der Waals surface area contributed by atoms with Gasteiger partial charge < -0.3 is 14.8 Å². The highest BCUT2D eigenvalue weighted by Crippen LogP contribution is 2.24. The van der Waals surface area contributed by atoms with Gasteiger partial charge in [-0.2, -0.15) is 0 Å². The SMILES string of the molecule is COc1cccc(Oc2ccc(CNC(=O)CCC(=O)c3cc(C)sc3C)cn2)c1. The Morgan fingerprint density at radius 3 is 2.53 bits per heavy atom. The van der Waals surface area contributed by atoms with Crippen LogP contribution < -0.4 is 14.8 Å². The highest BCUT2D eigenvalue weighted by atomic mass is 32.1. The maximum absolute atomic E-state index is 12.3. The van der Waals surface area contributed by atoms with Crippen LogP contribution in [0.4, 0.5) is 0 Å². The van der Waals surface area contributed by atoms with Crippen LogP contribution in [0.5, 0.6) is 17.4 Å². The van der Waals surface area contributed by atoms with Crippen molar-refractivity contribution in [2.75, 3.05) is 7.11 Å². The van der Waals surface area contributed by atoms with Gasteiger partial charge in [-0.1, -0.05) is 12.1 Å². The molecule has 1 amide bonds. The molecule has 2 heterocycles. The zero-order valence-electron chi connectivity index (χ0n) is 17.2. The third-order valence-corrected chi connectivity index (χ3v) is 5.44. The van der Waals surface area contributed by atoms with Gasteiger partial charge in [0.05, 0.1) is 7.11 Å². The van der Waals surface area contributed by atoms with Gasteiger partial charge in [-0.25, -0.2) is 4.98 Å². The second kappa shape index (κ2) is 10.0. The van der Waals surface area contributed by atoms with Crippen molar-refractivity contribution in [3.63, 3.8) is 0 Å². The van der Waals surface area contributed by atoms with Crippen molar-refractivity contribution in [2.45, 2.75) is 33.2 Å². The van der Waals surface area contributed by atoms with Crippen LogP contribution in [0.3, 0.4) is 0 Å². The summed E-state index contributed by atoms with van der Waals surface area (Å²) < 4.78 is 10.9. The van der Waals surface area contributed by atoms with Crippen LogP contribution in [-0.2, 0) is 11.3 Å². The number of Topliss-reactive ketones (excluding diaryl/α,β-unsaturated/α-hetero) is 1. The molecule has 1 aromatic carbocycles. The molecule has 6 nitrogen and oxygen atoms in total. The average Bonchev–Trinajstić information content (AvgIpc) is 3.09. The molecule has 30 heavy (non-hydrogen) atoms. The van der Waals surface area contributed by atoms with Crippen LogP contribution in [0.2, 0.25) is 0 Å². The first kappa shape index (κ1) is 21.5. The van der Waals surface area contributed by atoms with Crippen LogP contribution in [0.25, 0.3) is 0 Å². The second-order valence-electron chi connectivity index (χ2n) is 6.81. The lowest BCUT2D eigenvalue weighted by Gasteiger charge is -2.08. The van der Waals surface area contributed by atoms with E-state index in [0.29, 0.717) is 23.9 Å². The van der Waals surface area contributed by atoms with Crippen LogP contribution >= 0.6 is 11.3 Å². The lowest BCUT2D eigenvalue weighted by atomic mass is 10.1. The molecule has 3 aromatic rings. The minimum absolute atomic E-state index is 0.00714. The number of ether oxygens (including phenoxy) is 2. The number of carbonyl (C=O) groups excluding carboxylic acids is 2. The van der Waals surface area contributed by atoms with Gasteiger partial charge in [0.1, 0.15) is 11.5 Å². The van der Waals surface area contributed by atoms with Gasteiger partial charge in [0.2, 0.25) is 11.8 Å². The molecular weight excluding hydrogens is 400 g/mol. The van der Waals surface area contributed by atoms with E-state index in [1.165, 1.54) is 0 Å². The number of hydrogen-bond acceptors (Lipinski definition) is 6. The van der Waals surface area contributed by atoms with E-state index < -0.39 is 0 Å². The number of aryl methyl sites for hydroxylation is 2. The summed E-state index contributed by atoms with van der Waals surface area (Å²) >= 11 is 1.60. The molecule has 2 aromatic heterocycles. The van der Waals surface area contributed by atoms with Crippen LogP contribution in [0, 0.1) is 13.8 Å². The number of thiophene rings is 1. The minimum atomic E-state index is -0.162. The molecule has 3 rings (SSSR count). The number of methoxy groups -OCH3 is 1. The van der Waals surface area contributed by atoms with Crippen molar-refractivity contribution in [1.29, 1.82) is 0 Å². The van der Waals surface area contributed by atoms with Crippen molar-refractivity contribution >= 4 is 23.0 Å². The second-order valence-corrected chi connectivity index (χ2v) is 8.27. The molecule has 0 unspecified atom stereocenters. The molecule has 0 spiro atoms. The Balaban J connectivity index is 1.45. The zero-order valence-corrected chi connectivity index (χ0v) is 18.0. The maximum atomic E-state index is 12.3. The van der Waals surface area contributed by atoms with Gasteiger partial charge in [0, 0.05) is 53.0 Å². The van der Waals surface area contributed by atoms with Crippen molar-refractivity contribution in [2.24, 2.45) is 0 Å². The highest BCUT2D eigenvalue weighted by molar-refractivity contribution is 7.12. The van der Waals surface area contributed by atoms with Gasteiger partial charge in [-0.15, -0.1) is 11.3 Å². The largest absolute Gasteiger partial charge is 0.497 e. The fourth-order valence-corrected chi connectivity index (χ4v) is 3.86. The van der Waals surface area contributed by atoms with E-state index in [-0.39, 0.29) is 24.5 Å². The zero-order chi connectivity index (χ0) is 21.5. The Labute approximate surface area is 179 Å². The highest BCUT2D eigenvalue weighted by Gasteiger charge is 2.13. The first-order chi connectivity index (χ1) is 14.4. The third kappa shape index (κ3) is 5.90. The van der Waals surface area contributed by atoms with Crippen molar-refractivity contribution < 1.29 is 19.1 Å². The molecule has 0 radical (unpaired) electrons. The average molecular weight is 425 g/mol. The Bertz CT molecular complexity index is 1030. The number of amides is 1. The molecule has 7 heteroatoms. The molecule has 0 aliphatic carbocycles. The summed E-state index contributed by atoms with van der Waals surface area (Å²) in [5.41, 5.74) is 1.57. The Hall–Kier alpha value is -3.19. The summed E-state index contributed by atoms with van der Waals surface area (Å²) in [5, 5.41) is 2.82. The van der Waals surface area contributed by atoms with E-state index in [0.717, 1.165) is 20.9 Å². The number of ketones is 1. The van der Waals surface area contributed by atoms with Gasteiger partial charge in [-0.3, -0.25) is 9.59 Å². The van der Waals surface area contributed by atoms with Crippen molar-refractivity contribution in [3.05, 3.63) is 69.5 Å². The predicted octanol–water partition coefficient (Wildman–Crippen LogP) is 4.84. The van der Waals surface area contributed by atoms with E-state index >= 15 is 0 Å². The predicted molar refractivity (Wildman–Crippen MR) is 117 cm³/mol. The summed E-state index contributed by atoms with van der Waals surface area (Å²) in [6, 6.07) is 12.7. The molecular formula is C23H24N2O4S. The van der Waals surface area contributed by atoms with Gasteiger partial charge in [-0.05, 0) is 37.6 Å². The smallest absolute Gasteiger partial charge is 0.220 e. The number of nitrogens with zero attached hydrogens (tertiary/aromatic N) is 1. The fraction of sp³-hybridized carbons (Fsp3) is 0.261. The summed E-state index contributed by atoms with van der Waals surface area (Å²) in [5.74, 6) is 1.63. The van der Waals surface area contributed by atoms with Crippen molar-refractivity contribution in [3.8, 4) is 17.4 Å². The number of carbonyl (C=O) groups is 2. The molecule has 0 atom stereocenters. The summed E-state index contributed by atoms with van der Waals surface area (Å²) in [4.78, 5) is 30.7. The number of aromatic nitrogens is 1. The van der Waals surface area contributed by atoms with E-state index in [2.05, 4.69) is 10.3 Å². The Kier molecular flexibility index (Phi) is 7.19. The normalized spacial score (nSPS) is 10.5. The van der Waals surface area contributed by atoms with E-state index in [1.807, 2.05) is 44.2 Å². The molecule has 0 aliphatic heterocycles. The number of pyridine rings is 1. The van der Waals surface area contributed by atoms with Crippen LogP contribution in [0.15, 0.2) is 48.7 Å². The maximum Gasteiger partial charge on any atom is 0.220 e. The Morgan fingerprint density at radius 2 is 1.87 bits per heavy atom. The lowest BCUT2D eigenvalue weighted by Crippen LogP contribution is -2.23. The van der Waals surface area contributed by atoms with Crippen molar-refractivity contribution in [1.82, 2.24) is 10.3 Å². The van der Waals surface area contributed by atoms with Gasteiger partial charge in [0.25, 0.3) is 0 Å². The van der Waals surface area contributed by atoms with Crippen LogP contribution in [0.1, 0.15) is 38.5 Å². The molecule has 0 bridgehead atoms. The first-order valence-electron chi connectivity index (χ1n) is 9.58. The topological polar surface area (TPSA) is 77.5 Å². The monoisotopic (exact) mass is 424 g/mol. The Morgan fingerprint density at radius 1 is 1.07 bits per heavy atom. The number of rotatable bonds is 9. The number of benzene rings is 1. The summed E-state index contributed by atoms with van der Waals surface area (Å²) in [7, 11) is 1.60.